The summed E-state index contributed by atoms with van der Waals surface area (Å²) >= 11 is 0. The third-order valence-corrected chi connectivity index (χ3v) is 2.39. The third kappa shape index (κ3) is 3.61. The summed E-state index contributed by atoms with van der Waals surface area (Å²) in [6.07, 6.45) is 0.866. The molecule has 15 heavy (non-hydrogen) atoms. The first-order valence-corrected chi connectivity index (χ1v) is 5.26. The zero-order valence-electron chi connectivity index (χ0n) is 9.29. The Balaban J connectivity index is 2.61. The fourth-order valence-electron chi connectivity index (χ4n) is 1.57. The maximum atomic E-state index is 13.5. The van der Waals surface area contributed by atoms with Crippen LogP contribution in [0.15, 0.2) is 24.3 Å². The molecular formula is C12H18FNO. The molecule has 0 aliphatic carbocycles. The zero-order chi connectivity index (χ0) is 11.1. The molecule has 0 amide bonds. The Morgan fingerprint density at radius 1 is 1.40 bits per heavy atom. The molecule has 0 aromatic heterocycles. The van der Waals surface area contributed by atoms with E-state index in [1.807, 2.05) is 19.1 Å². The van der Waals surface area contributed by atoms with Crippen LogP contribution in [0.1, 0.15) is 24.9 Å². The second-order valence-corrected chi connectivity index (χ2v) is 3.43. The fourth-order valence-corrected chi connectivity index (χ4v) is 1.57. The van der Waals surface area contributed by atoms with Crippen molar-refractivity contribution in [1.29, 1.82) is 0 Å². The van der Waals surface area contributed by atoms with Gasteiger partial charge in [0.2, 0.25) is 0 Å². The molecule has 0 radical (unpaired) electrons. The molecular weight excluding hydrogens is 193 g/mol. The molecule has 0 saturated carbocycles. The van der Waals surface area contributed by atoms with Crippen LogP contribution in [-0.4, -0.2) is 20.3 Å². The maximum absolute atomic E-state index is 13.5. The van der Waals surface area contributed by atoms with Gasteiger partial charge < -0.3 is 10.1 Å². The predicted molar refractivity (Wildman–Crippen MR) is 59.3 cm³/mol. The molecule has 1 aromatic carbocycles. The zero-order valence-corrected chi connectivity index (χ0v) is 9.29. The van der Waals surface area contributed by atoms with Gasteiger partial charge in [0.1, 0.15) is 5.82 Å². The van der Waals surface area contributed by atoms with E-state index < -0.39 is 0 Å². The highest BCUT2D eigenvalue weighted by Gasteiger charge is 2.11. The fraction of sp³-hybridized carbons (Fsp3) is 0.500. The molecule has 1 N–H and O–H groups in total. The van der Waals surface area contributed by atoms with E-state index in [-0.39, 0.29) is 11.9 Å². The second kappa shape index (κ2) is 6.53. The first-order valence-electron chi connectivity index (χ1n) is 5.26. The Hall–Kier alpha value is -0.930. The minimum atomic E-state index is -0.144. The van der Waals surface area contributed by atoms with Crippen LogP contribution in [0.2, 0.25) is 0 Å². The first-order chi connectivity index (χ1) is 7.29. The van der Waals surface area contributed by atoms with Crippen molar-refractivity contribution in [3.8, 4) is 0 Å². The lowest BCUT2D eigenvalue weighted by molar-refractivity contribution is 0.195. The molecule has 0 spiro atoms. The number of methoxy groups -OCH3 is 1. The smallest absolute Gasteiger partial charge is 0.127 e. The average molecular weight is 211 g/mol. The Kier molecular flexibility index (Phi) is 5.29. The lowest BCUT2D eigenvalue weighted by Gasteiger charge is -2.17. The number of halogens is 1. The third-order valence-electron chi connectivity index (χ3n) is 2.39. The summed E-state index contributed by atoms with van der Waals surface area (Å²) in [7, 11) is 1.66. The van der Waals surface area contributed by atoms with Crippen LogP contribution in [0.3, 0.4) is 0 Å². The molecule has 0 fully saturated rings. The van der Waals surface area contributed by atoms with E-state index in [0.29, 0.717) is 6.61 Å². The molecule has 1 unspecified atom stereocenters. The average Bonchev–Trinajstić information content (AvgIpc) is 2.26. The standard InChI is InChI=1S/C12H18FNO/c1-3-12(14-8-9-15-2)10-6-4-5-7-11(10)13/h4-7,12,14H,3,8-9H2,1-2H3. The lowest BCUT2D eigenvalue weighted by Crippen LogP contribution is -2.25. The molecule has 0 heterocycles. The Morgan fingerprint density at radius 2 is 2.13 bits per heavy atom. The minimum Gasteiger partial charge on any atom is -0.383 e. The summed E-state index contributed by atoms with van der Waals surface area (Å²) in [4.78, 5) is 0. The Morgan fingerprint density at radius 3 is 2.73 bits per heavy atom. The molecule has 1 atom stereocenters. The van der Waals surface area contributed by atoms with Crippen molar-refractivity contribution in [1.82, 2.24) is 5.32 Å². The van der Waals surface area contributed by atoms with Crippen LogP contribution in [0.5, 0.6) is 0 Å². The highest BCUT2D eigenvalue weighted by Crippen LogP contribution is 2.19. The largest absolute Gasteiger partial charge is 0.383 e. The minimum absolute atomic E-state index is 0.0707. The van der Waals surface area contributed by atoms with Crippen molar-refractivity contribution >= 4 is 0 Å². The van der Waals surface area contributed by atoms with Gasteiger partial charge in [-0.25, -0.2) is 4.39 Å². The lowest BCUT2D eigenvalue weighted by atomic mass is 10.0. The normalized spacial score (nSPS) is 12.7. The van der Waals surface area contributed by atoms with Crippen molar-refractivity contribution < 1.29 is 9.13 Å². The van der Waals surface area contributed by atoms with Gasteiger partial charge in [-0.15, -0.1) is 0 Å². The highest BCUT2D eigenvalue weighted by molar-refractivity contribution is 5.20. The topological polar surface area (TPSA) is 21.3 Å². The van der Waals surface area contributed by atoms with Crippen LogP contribution < -0.4 is 5.32 Å². The molecule has 0 saturated heterocycles. The number of benzene rings is 1. The van der Waals surface area contributed by atoms with E-state index in [4.69, 9.17) is 4.74 Å². The number of hydrogen-bond donors (Lipinski definition) is 1. The molecule has 0 aliphatic heterocycles. The molecule has 1 aromatic rings. The van der Waals surface area contributed by atoms with Gasteiger partial charge in [0.25, 0.3) is 0 Å². The van der Waals surface area contributed by atoms with E-state index >= 15 is 0 Å². The van der Waals surface area contributed by atoms with Crippen LogP contribution in [0, 0.1) is 5.82 Å². The van der Waals surface area contributed by atoms with Gasteiger partial charge in [-0.05, 0) is 12.5 Å². The highest BCUT2D eigenvalue weighted by atomic mass is 19.1. The van der Waals surface area contributed by atoms with Crippen molar-refractivity contribution in [3.63, 3.8) is 0 Å². The van der Waals surface area contributed by atoms with Crippen molar-refractivity contribution in [2.75, 3.05) is 20.3 Å². The van der Waals surface area contributed by atoms with Gasteiger partial charge in [0.15, 0.2) is 0 Å². The van der Waals surface area contributed by atoms with Crippen molar-refractivity contribution in [2.24, 2.45) is 0 Å². The van der Waals surface area contributed by atoms with Crippen LogP contribution in [0.4, 0.5) is 4.39 Å². The number of rotatable bonds is 6. The SMILES string of the molecule is CCC(NCCOC)c1ccccc1F. The van der Waals surface area contributed by atoms with Gasteiger partial charge in [0, 0.05) is 25.3 Å². The van der Waals surface area contributed by atoms with Crippen molar-refractivity contribution in [3.05, 3.63) is 35.6 Å². The van der Waals surface area contributed by atoms with E-state index in [0.717, 1.165) is 18.5 Å². The second-order valence-electron chi connectivity index (χ2n) is 3.43. The molecule has 0 bridgehead atoms. The number of nitrogens with one attached hydrogen (secondary N) is 1. The van der Waals surface area contributed by atoms with E-state index in [9.17, 15) is 4.39 Å². The summed E-state index contributed by atoms with van der Waals surface area (Å²) in [5.74, 6) is -0.144. The summed E-state index contributed by atoms with van der Waals surface area (Å²) in [5.41, 5.74) is 0.733. The number of hydrogen-bond acceptors (Lipinski definition) is 2. The summed E-state index contributed by atoms with van der Waals surface area (Å²) in [5, 5.41) is 3.26. The van der Waals surface area contributed by atoms with Gasteiger partial charge >= 0.3 is 0 Å². The Bertz CT molecular complexity index is 291. The molecule has 84 valence electrons. The monoisotopic (exact) mass is 211 g/mol. The quantitative estimate of drug-likeness (QED) is 0.730. The van der Waals surface area contributed by atoms with Crippen LogP contribution in [-0.2, 0) is 4.74 Å². The van der Waals surface area contributed by atoms with Crippen molar-refractivity contribution in [2.45, 2.75) is 19.4 Å². The van der Waals surface area contributed by atoms with E-state index in [1.165, 1.54) is 6.07 Å². The van der Waals surface area contributed by atoms with Gasteiger partial charge in [-0.3, -0.25) is 0 Å². The number of ether oxygens (including phenoxy) is 1. The van der Waals surface area contributed by atoms with E-state index in [2.05, 4.69) is 5.32 Å². The summed E-state index contributed by atoms with van der Waals surface area (Å²) in [6.45, 7) is 3.42. The van der Waals surface area contributed by atoms with Crippen LogP contribution >= 0.6 is 0 Å². The van der Waals surface area contributed by atoms with Gasteiger partial charge in [-0.2, -0.15) is 0 Å². The molecule has 3 heteroatoms. The maximum Gasteiger partial charge on any atom is 0.127 e. The molecule has 2 nitrogen and oxygen atoms in total. The first kappa shape index (κ1) is 12.1. The summed E-state index contributed by atoms with van der Waals surface area (Å²) < 4.78 is 18.4. The summed E-state index contributed by atoms with van der Waals surface area (Å²) in [6, 6.07) is 6.96. The predicted octanol–water partition coefficient (Wildman–Crippen LogP) is 2.51. The van der Waals surface area contributed by atoms with Gasteiger partial charge in [0.05, 0.1) is 6.61 Å². The molecule has 0 aliphatic rings. The van der Waals surface area contributed by atoms with Gasteiger partial charge in [-0.1, -0.05) is 25.1 Å². The Labute approximate surface area is 90.4 Å². The molecule has 1 rings (SSSR count). The van der Waals surface area contributed by atoms with E-state index in [1.54, 1.807) is 13.2 Å². The van der Waals surface area contributed by atoms with Crippen LogP contribution in [0.25, 0.3) is 0 Å².